The maximum Gasteiger partial charge on any atom is 0.175 e. The minimum absolute atomic E-state index is 0.344. The summed E-state index contributed by atoms with van der Waals surface area (Å²) in [6.45, 7) is 2.88. The fourth-order valence-corrected chi connectivity index (χ4v) is 2.72. The highest BCUT2D eigenvalue weighted by molar-refractivity contribution is 7.90. The van der Waals surface area contributed by atoms with Crippen molar-refractivity contribution in [3.05, 3.63) is 59.7 Å². The molecular formula is C16H19NO2S. The van der Waals surface area contributed by atoms with Crippen LogP contribution in [0.25, 0.3) is 0 Å². The van der Waals surface area contributed by atoms with Crippen LogP contribution in [0.4, 0.5) is 5.69 Å². The number of rotatable bonds is 5. The second-order valence-electron chi connectivity index (χ2n) is 4.77. The summed E-state index contributed by atoms with van der Waals surface area (Å²) < 4.78 is 22.8. The molecule has 2 aromatic rings. The Morgan fingerprint density at radius 3 is 2.10 bits per heavy atom. The lowest BCUT2D eigenvalue weighted by molar-refractivity contribution is 0.602. The van der Waals surface area contributed by atoms with Crippen molar-refractivity contribution >= 4 is 15.5 Å². The summed E-state index contributed by atoms with van der Waals surface area (Å²) in [7, 11) is -3.13. The summed E-state index contributed by atoms with van der Waals surface area (Å²) >= 11 is 0. The summed E-state index contributed by atoms with van der Waals surface area (Å²) in [4.78, 5) is 0.344. The summed E-state index contributed by atoms with van der Waals surface area (Å²) in [6, 6.07) is 15.2. The van der Waals surface area contributed by atoms with E-state index in [0.717, 1.165) is 18.7 Å². The molecule has 0 amide bonds. The maximum absolute atomic E-state index is 11.4. The normalized spacial score (nSPS) is 11.3. The second-order valence-corrected chi connectivity index (χ2v) is 6.79. The van der Waals surface area contributed by atoms with E-state index in [9.17, 15) is 8.42 Å². The van der Waals surface area contributed by atoms with Crippen molar-refractivity contribution in [1.82, 2.24) is 0 Å². The molecule has 0 saturated heterocycles. The summed E-state index contributed by atoms with van der Waals surface area (Å²) in [5.41, 5.74) is 3.51. The molecule has 2 aromatic carbocycles. The Kier molecular flexibility index (Phi) is 4.45. The Hall–Kier alpha value is -1.81. The van der Waals surface area contributed by atoms with Crippen molar-refractivity contribution in [1.29, 1.82) is 0 Å². The van der Waals surface area contributed by atoms with E-state index in [1.54, 1.807) is 24.3 Å². The van der Waals surface area contributed by atoms with Gasteiger partial charge < -0.3 is 5.32 Å². The fraction of sp³-hybridized carbons (Fsp3) is 0.250. The van der Waals surface area contributed by atoms with Crippen LogP contribution < -0.4 is 5.32 Å². The molecular weight excluding hydrogens is 270 g/mol. The van der Waals surface area contributed by atoms with Gasteiger partial charge in [0.1, 0.15) is 0 Å². The van der Waals surface area contributed by atoms with Crippen LogP contribution in [0.15, 0.2) is 53.4 Å². The Morgan fingerprint density at radius 2 is 1.55 bits per heavy atom. The van der Waals surface area contributed by atoms with Crippen LogP contribution in [0.5, 0.6) is 0 Å². The van der Waals surface area contributed by atoms with E-state index in [0.29, 0.717) is 4.90 Å². The minimum atomic E-state index is -3.13. The Bertz CT molecular complexity index is 676. The number of hydrogen-bond acceptors (Lipinski definition) is 3. The number of sulfone groups is 1. The molecule has 0 radical (unpaired) electrons. The van der Waals surface area contributed by atoms with Gasteiger partial charge in [-0.2, -0.15) is 0 Å². The highest BCUT2D eigenvalue weighted by atomic mass is 32.2. The standard InChI is InChI=1S/C16H19NO2S/c1-3-13-6-4-5-7-14(13)12-17-15-8-10-16(11-9-15)20(2,18)19/h4-11,17H,3,12H2,1-2H3. The molecule has 0 aliphatic heterocycles. The first-order valence-corrected chi connectivity index (χ1v) is 8.50. The van der Waals surface area contributed by atoms with E-state index in [2.05, 4.69) is 24.4 Å². The van der Waals surface area contributed by atoms with E-state index in [1.807, 2.05) is 12.1 Å². The molecule has 0 unspecified atom stereocenters. The van der Waals surface area contributed by atoms with Gasteiger partial charge in [0.15, 0.2) is 9.84 Å². The van der Waals surface area contributed by atoms with Gasteiger partial charge in [-0.15, -0.1) is 0 Å². The predicted octanol–water partition coefficient (Wildman–Crippen LogP) is 3.26. The lowest BCUT2D eigenvalue weighted by Gasteiger charge is -2.10. The fourth-order valence-electron chi connectivity index (χ4n) is 2.09. The van der Waals surface area contributed by atoms with Crippen molar-refractivity contribution < 1.29 is 8.42 Å². The number of nitrogens with one attached hydrogen (secondary N) is 1. The number of aryl methyl sites for hydroxylation is 1. The summed E-state index contributed by atoms with van der Waals surface area (Å²) in [5, 5.41) is 3.32. The zero-order valence-corrected chi connectivity index (χ0v) is 12.6. The van der Waals surface area contributed by atoms with Gasteiger partial charge in [0.2, 0.25) is 0 Å². The molecule has 3 nitrogen and oxygen atoms in total. The summed E-state index contributed by atoms with van der Waals surface area (Å²) in [6.07, 6.45) is 2.22. The van der Waals surface area contributed by atoms with Crippen LogP contribution >= 0.6 is 0 Å². The molecule has 0 aliphatic carbocycles. The van der Waals surface area contributed by atoms with Crippen molar-refractivity contribution in [3.8, 4) is 0 Å². The molecule has 0 spiro atoms. The first-order valence-electron chi connectivity index (χ1n) is 6.61. The first-order chi connectivity index (χ1) is 9.50. The smallest absolute Gasteiger partial charge is 0.175 e. The highest BCUT2D eigenvalue weighted by Crippen LogP contribution is 2.16. The Balaban J connectivity index is 2.08. The maximum atomic E-state index is 11.4. The number of benzene rings is 2. The molecule has 0 fully saturated rings. The third-order valence-corrected chi connectivity index (χ3v) is 4.39. The van der Waals surface area contributed by atoms with Crippen molar-refractivity contribution in [3.63, 3.8) is 0 Å². The van der Waals surface area contributed by atoms with Crippen LogP contribution in [-0.2, 0) is 22.8 Å². The second kappa shape index (κ2) is 6.09. The van der Waals surface area contributed by atoms with Crippen LogP contribution in [0.2, 0.25) is 0 Å². The van der Waals surface area contributed by atoms with Crippen LogP contribution in [0.1, 0.15) is 18.1 Å². The van der Waals surface area contributed by atoms with Crippen LogP contribution in [-0.4, -0.2) is 14.7 Å². The van der Waals surface area contributed by atoms with E-state index >= 15 is 0 Å². The third kappa shape index (κ3) is 3.61. The van der Waals surface area contributed by atoms with Gasteiger partial charge in [0.25, 0.3) is 0 Å². The molecule has 0 saturated carbocycles. The molecule has 1 N–H and O–H groups in total. The molecule has 106 valence electrons. The largest absolute Gasteiger partial charge is 0.381 e. The van der Waals surface area contributed by atoms with Crippen molar-refractivity contribution in [2.24, 2.45) is 0 Å². The Labute approximate surface area is 120 Å². The predicted molar refractivity (Wildman–Crippen MR) is 82.7 cm³/mol. The van der Waals surface area contributed by atoms with Crippen molar-refractivity contribution in [2.45, 2.75) is 24.8 Å². The molecule has 20 heavy (non-hydrogen) atoms. The zero-order chi connectivity index (χ0) is 14.6. The highest BCUT2D eigenvalue weighted by Gasteiger charge is 2.06. The van der Waals surface area contributed by atoms with Gasteiger partial charge >= 0.3 is 0 Å². The third-order valence-electron chi connectivity index (χ3n) is 3.26. The van der Waals surface area contributed by atoms with E-state index < -0.39 is 9.84 Å². The molecule has 0 heterocycles. The molecule has 0 aromatic heterocycles. The zero-order valence-electron chi connectivity index (χ0n) is 11.8. The molecule has 0 atom stereocenters. The van der Waals surface area contributed by atoms with Gasteiger partial charge in [-0.1, -0.05) is 31.2 Å². The SMILES string of the molecule is CCc1ccccc1CNc1ccc(S(C)(=O)=O)cc1. The topological polar surface area (TPSA) is 46.2 Å². The van der Waals surface area contributed by atoms with Gasteiger partial charge in [-0.25, -0.2) is 8.42 Å². The minimum Gasteiger partial charge on any atom is -0.381 e. The number of anilines is 1. The first kappa shape index (κ1) is 14.6. The van der Waals surface area contributed by atoms with Crippen molar-refractivity contribution in [2.75, 3.05) is 11.6 Å². The average molecular weight is 289 g/mol. The quantitative estimate of drug-likeness (QED) is 0.919. The summed E-state index contributed by atoms with van der Waals surface area (Å²) in [5.74, 6) is 0. The lowest BCUT2D eigenvalue weighted by Crippen LogP contribution is -2.03. The van der Waals surface area contributed by atoms with Gasteiger partial charge in [0.05, 0.1) is 4.90 Å². The van der Waals surface area contributed by atoms with E-state index in [1.165, 1.54) is 17.4 Å². The average Bonchev–Trinajstić information content (AvgIpc) is 2.45. The molecule has 4 heteroatoms. The lowest BCUT2D eigenvalue weighted by atomic mass is 10.1. The van der Waals surface area contributed by atoms with Gasteiger partial charge in [-0.3, -0.25) is 0 Å². The van der Waals surface area contributed by atoms with Crippen LogP contribution in [0.3, 0.4) is 0 Å². The molecule has 2 rings (SSSR count). The van der Waals surface area contributed by atoms with Crippen LogP contribution in [0, 0.1) is 0 Å². The molecule has 0 bridgehead atoms. The van der Waals surface area contributed by atoms with E-state index in [-0.39, 0.29) is 0 Å². The Morgan fingerprint density at radius 1 is 0.950 bits per heavy atom. The number of hydrogen-bond donors (Lipinski definition) is 1. The molecule has 0 aliphatic rings. The monoisotopic (exact) mass is 289 g/mol. The van der Waals surface area contributed by atoms with Gasteiger partial charge in [0, 0.05) is 18.5 Å². The van der Waals surface area contributed by atoms with Gasteiger partial charge in [-0.05, 0) is 41.8 Å². The van der Waals surface area contributed by atoms with E-state index in [4.69, 9.17) is 0 Å².